The fourth-order valence-electron chi connectivity index (χ4n) is 1.85. The first kappa shape index (κ1) is 17.2. The molecule has 126 valence electrons. The molecule has 1 atom stereocenters. The van der Waals surface area contributed by atoms with Crippen molar-refractivity contribution in [3.63, 3.8) is 0 Å². The van der Waals surface area contributed by atoms with Crippen molar-refractivity contribution < 1.29 is 9.15 Å². The zero-order valence-electron chi connectivity index (χ0n) is 13.4. The van der Waals surface area contributed by atoms with Crippen molar-refractivity contribution in [1.29, 1.82) is 0 Å². The first-order valence-corrected chi connectivity index (χ1v) is 9.88. The van der Waals surface area contributed by atoms with Crippen molar-refractivity contribution in [2.24, 2.45) is 0 Å². The SMILES string of the molecule is COc1ccc(CSc2nnc(SC(C)c3nnc(C)o3)s2)cc1. The van der Waals surface area contributed by atoms with Crippen molar-refractivity contribution in [2.45, 2.75) is 33.5 Å². The Hall–Kier alpha value is -1.58. The zero-order chi connectivity index (χ0) is 16.9. The molecule has 2 aromatic heterocycles. The van der Waals surface area contributed by atoms with E-state index in [4.69, 9.17) is 9.15 Å². The molecule has 9 heteroatoms. The van der Waals surface area contributed by atoms with Crippen molar-refractivity contribution in [3.8, 4) is 5.75 Å². The van der Waals surface area contributed by atoms with Crippen LogP contribution < -0.4 is 4.74 Å². The fraction of sp³-hybridized carbons (Fsp3) is 0.333. The van der Waals surface area contributed by atoms with Gasteiger partial charge in [0.25, 0.3) is 0 Å². The van der Waals surface area contributed by atoms with Gasteiger partial charge in [-0.15, -0.1) is 20.4 Å². The van der Waals surface area contributed by atoms with Crippen molar-refractivity contribution >= 4 is 34.9 Å². The van der Waals surface area contributed by atoms with E-state index in [0.29, 0.717) is 11.8 Å². The highest BCUT2D eigenvalue weighted by Gasteiger charge is 2.17. The predicted octanol–water partition coefficient (Wildman–Crippen LogP) is 4.38. The summed E-state index contributed by atoms with van der Waals surface area (Å²) in [5.41, 5.74) is 1.22. The number of rotatable bonds is 7. The minimum absolute atomic E-state index is 0.0542. The Kier molecular flexibility index (Phi) is 5.75. The predicted molar refractivity (Wildman–Crippen MR) is 95.8 cm³/mol. The number of nitrogens with zero attached hydrogens (tertiary/aromatic N) is 4. The third kappa shape index (κ3) is 4.49. The molecule has 3 rings (SSSR count). The van der Waals surface area contributed by atoms with Gasteiger partial charge in [-0.05, 0) is 24.6 Å². The standard InChI is InChI=1S/C15H16N4O2S3/c1-9(13-17-16-10(2)21-13)23-15-19-18-14(24-15)22-8-11-4-6-12(20-3)7-5-11/h4-7,9H,8H2,1-3H3. The number of benzene rings is 1. The number of hydrogen-bond donors (Lipinski definition) is 0. The van der Waals surface area contributed by atoms with Gasteiger partial charge in [-0.3, -0.25) is 0 Å². The average molecular weight is 381 g/mol. The second-order valence-electron chi connectivity index (χ2n) is 4.89. The Balaban J connectivity index is 1.55. The molecule has 0 radical (unpaired) electrons. The lowest BCUT2D eigenvalue weighted by molar-refractivity contribution is 0.414. The van der Waals surface area contributed by atoms with Crippen LogP contribution in [0.1, 0.15) is 29.5 Å². The zero-order valence-corrected chi connectivity index (χ0v) is 15.9. The third-order valence-electron chi connectivity index (χ3n) is 3.08. The minimum atomic E-state index is 0.0542. The maximum absolute atomic E-state index is 5.45. The van der Waals surface area contributed by atoms with E-state index in [0.717, 1.165) is 20.2 Å². The van der Waals surface area contributed by atoms with Crippen LogP contribution in [0.4, 0.5) is 0 Å². The van der Waals surface area contributed by atoms with Crippen molar-refractivity contribution in [1.82, 2.24) is 20.4 Å². The van der Waals surface area contributed by atoms with Gasteiger partial charge in [0.1, 0.15) is 5.75 Å². The normalized spacial score (nSPS) is 12.3. The van der Waals surface area contributed by atoms with Crippen LogP contribution in [0, 0.1) is 6.92 Å². The summed E-state index contributed by atoms with van der Waals surface area (Å²) in [6.07, 6.45) is 0. The summed E-state index contributed by atoms with van der Waals surface area (Å²) in [6.45, 7) is 3.80. The molecule has 0 bridgehead atoms. The van der Waals surface area contributed by atoms with Gasteiger partial charge in [-0.25, -0.2) is 0 Å². The van der Waals surface area contributed by atoms with Gasteiger partial charge in [-0.2, -0.15) is 0 Å². The fourth-order valence-corrected chi connectivity index (χ4v) is 5.00. The van der Waals surface area contributed by atoms with Crippen LogP contribution in [-0.2, 0) is 5.75 Å². The van der Waals surface area contributed by atoms with Gasteiger partial charge in [-0.1, -0.05) is 47.0 Å². The number of hydrogen-bond acceptors (Lipinski definition) is 9. The number of aromatic nitrogens is 4. The number of thioether (sulfide) groups is 2. The van der Waals surface area contributed by atoms with Crippen LogP contribution in [0.3, 0.4) is 0 Å². The molecule has 0 fully saturated rings. The van der Waals surface area contributed by atoms with E-state index in [2.05, 4.69) is 32.5 Å². The van der Waals surface area contributed by atoms with E-state index in [9.17, 15) is 0 Å². The first-order valence-electron chi connectivity index (χ1n) is 7.20. The molecule has 0 aliphatic heterocycles. The van der Waals surface area contributed by atoms with Gasteiger partial charge >= 0.3 is 0 Å². The number of ether oxygens (including phenoxy) is 1. The monoisotopic (exact) mass is 380 g/mol. The summed E-state index contributed by atoms with van der Waals surface area (Å²) < 4.78 is 12.5. The summed E-state index contributed by atoms with van der Waals surface area (Å²) in [6, 6.07) is 8.04. The van der Waals surface area contributed by atoms with Gasteiger partial charge in [0.15, 0.2) is 8.68 Å². The van der Waals surface area contributed by atoms with Crippen LogP contribution in [-0.4, -0.2) is 27.5 Å². The van der Waals surface area contributed by atoms with Crippen LogP contribution in [0.5, 0.6) is 5.75 Å². The van der Waals surface area contributed by atoms with Crippen molar-refractivity contribution in [3.05, 3.63) is 41.6 Å². The average Bonchev–Trinajstić information content (AvgIpc) is 3.22. The van der Waals surface area contributed by atoms with E-state index in [1.54, 1.807) is 48.9 Å². The molecule has 2 heterocycles. The third-order valence-corrected chi connectivity index (χ3v) is 6.38. The van der Waals surface area contributed by atoms with E-state index in [1.807, 2.05) is 19.1 Å². The molecule has 1 aromatic carbocycles. The molecule has 0 saturated heterocycles. The molecular formula is C15H16N4O2S3. The Morgan fingerprint density at radius 3 is 2.54 bits per heavy atom. The maximum atomic E-state index is 5.45. The minimum Gasteiger partial charge on any atom is -0.497 e. The van der Waals surface area contributed by atoms with E-state index in [-0.39, 0.29) is 5.25 Å². The first-order chi connectivity index (χ1) is 11.6. The highest BCUT2D eigenvalue weighted by molar-refractivity contribution is 8.03. The van der Waals surface area contributed by atoms with Crippen LogP contribution in [0.25, 0.3) is 0 Å². The number of methoxy groups -OCH3 is 1. The van der Waals surface area contributed by atoms with Gasteiger partial charge in [0.05, 0.1) is 12.4 Å². The van der Waals surface area contributed by atoms with Gasteiger partial charge in [0, 0.05) is 12.7 Å². The molecule has 0 N–H and O–H groups in total. The maximum Gasteiger partial charge on any atom is 0.229 e. The van der Waals surface area contributed by atoms with Crippen LogP contribution in [0.15, 0.2) is 37.4 Å². The molecule has 6 nitrogen and oxygen atoms in total. The lowest BCUT2D eigenvalue weighted by Gasteiger charge is -2.02. The molecule has 0 amide bonds. The highest BCUT2D eigenvalue weighted by Crippen LogP contribution is 2.38. The molecule has 0 spiro atoms. The molecule has 0 aliphatic carbocycles. The Bertz CT molecular complexity index is 788. The molecular weight excluding hydrogens is 364 g/mol. The Morgan fingerprint density at radius 2 is 1.88 bits per heavy atom. The van der Waals surface area contributed by atoms with Gasteiger partial charge < -0.3 is 9.15 Å². The topological polar surface area (TPSA) is 73.9 Å². The lowest BCUT2D eigenvalue weighted by Crippen LogP contribution is -1.88. The summed E-state index contributed by atoms with van der Waals surface area (Å²) in [7, 11) is 1.67. The van der Waals surface area contributed by atoms with Crippen LogP contribution >= 0.6 is 34.9 Å². The van der Waals surface area contributed by atoms with E-state index < -0.39 is 0 Å². The molecule has 3 aromatic rings. The van der Waals surface area contributed by atoms with Crippen molar-refractivity contribution in [2.75, 3.05) is 7.11 Å². The van der Waals surface area contributed by atoms with Crippen LogP contribution in [0.2, 0.25) is 0 Å². The number of aryl methyl sites for hydroxylation is 1. The van der Waals surface area contributed by atoms with E-state index in [1.165, 1.54) is 5.56 Å². The quantitative estimate of drug-likeness (QED) is 0.559. The summed E-state index contributed by atoms with van der Waals surface area (Å²) in [4.78, 5) is 0. The second kappa shape index (κ2) is 8.00. The molecule has 0 aliphatic rings. The lowest BCUT2D eigenvalue weighted by atomic mass is 10.2. The van der Waals surface area contributed by atoms with Gasteiger partial charge in [0.2, 0.25) is 11.8 Å². The molecule has 1 unspecified atom stereocenters. The Morgan fingerprint density at radius 1 is 1.12 bits per heavy atom. The Labute approximate surface area is 152 Å². The molecule has 0 saturated carbocycles. The largest absolute Gasteiger partial charge is 0.497 e. The second-order valence-corrected chi connectivity index (χ2v) is 8.68. The summed E-state index contributed by atoms with van der Waals surface area (Å²) >= 11 is 4.83. The smallest absolute Gasteiger partial charge is 0.229 e. The summed E-state index contributed by atoms with van der Waals surface area (Å²) in [5, 5.41) is 16.4. The van der Waals surface area contributed by atoms with E-state index >= 15 is 0 Å². The molecule has 24 heavy (non-hydrogen) atoms. The highest BCUT2D eigenvalue weighted by atomic mass is 32.2. The summed E-state index contributed by atoms with van der Waals surface area (Å²) in [5.74, 6) is 2.90.